The average Bonchev–Trinajstić information content (AvgIpc) is 3.70. The van der Waals surface area contributed by atoms with Crippen LogP contribution in [0.3, 0.4) is 0 Å². The van der Waals surface area contributed by atoms with Crippen molar-refractivity contribution in [2.24, 2.45) is 11.8 Å². The summed E-state index contributed by atoms with van der Waals surface area (Å²) in [5.74, 6) is -1.37. The van der Waals surface area contributed by atoms with Crippen molar-refractivity contribution in [1.82, 2.24) is 10.3 Å². The lowest BCUT2D eigenvalue weighted by Gasteiger charge is -2.32. The number of cyclic esters (lactones) is 1. The van der Waals surface area contributed by atoms with E-state index in [0.29, 0.717) is 12.1 Å². The Labute approximate surface area is 302 Å². The summed E-state index contributed by atoms with van der Waals surface area (Å²) in [4.78, 5) is 28.0. The number of nitrogens with one attached hydrogen (secondary N) is 2. The van der Waals surface area contributed by atoms with Gasteiger partial charge in [-0.1, -0.05) is 51.1 Å². The number of hydrogen-bond acceptors (Lipinski definition) is 10. The van der Waals surface area contributed by atoms with Crippen molar-refractivity contribution >= 4 is 22.8 Å². The molecule has 51 heavy (non-hydrogen) atoms. The average molecular weight is 711 g/mol. The largest absolute Gasteiger partial charge is 0.457 e. The van der Waals surface area contributed by atoms with E-state index in [0.717, 1.165) is 22.9 Å². The first-order chi connectivity index (χ1) is 24.1. The number of methoxy groups -OCH3 is 1. The minimum absolute atomic E-state index is 0.0314. The zero-order valence-electron chi connectivity index (χ0n) is 31.3. The number of aliphatic hydroxyl groups is 3. The number of allylic oxidation sites excluding steroid dienone is 2. The van der Waals surface area contributed by atoms with Gasteiger partial charge >= 0.3 is 11.9 Å². The Bertz CT molecular complexity index is 1560. The fraction of sp³-hybridized carbons (Fsp3) is 0.600. The van der Waals surface area contributed by atoms with Crippen LogP contribution in [0.1, 0.15) is 79.7 Å². The molecule has 0 radical (unpaired) electrons. The van der Waals surface area contributed by atoms with E-state index in [1.165, 1.54) is 6.92 Å². The summed E-state index contributed by atoms with van der Waals surface area (Å²) in [6.07, 6.45) is 8.34. The lowest BCUT2D eigenvalue weighted by atomic mass is 9.87. The topological polar surface area (TPSA) is 163 Å². The fourth-order valence-electron chi connectivity index (χ4n) is 7.11. The summed E-state index contributed by atoms with van der Waals surface area (Å²) >= 11 is 0. The van der Waals surface area contributed by atoms with Gasteiger partial charge in [0.05, 0.1) is 36.4 Å². The molecule has 11 nitrogen and oxygen atoms in total. The molecule has 0 amide bonds. The molecule has 1 saturated heterocycles. The molecule has 11 atom stereocenters. The molecule has 2 unspecified atom stereocenters. The number of carbonyl (C=O) groups excluding carboxylic acids is 2. The molecule has 11 heteroatoms. The summed E-state index contributed by atoms with van der Waals surface area (Å²) in [6.45, 7) is 13.0. The number of fused-ring (bicyclic) bond motifs is 1. The van der Waals surface area contributed by atoms with Crippen LogP contribution in [0.2, 0.25) is 0 Å². The van der Waals surface area contributed by atoms with Crippen LogP contribution in [-0.2, 0) is 35.1 Å². The Hall–Kier alpha value is -3.32. The lowest BCUT2D eigenvalue weighted by molar-refractivity contribution is -0.157. The van der Waals surface area contributed by atoms with E-state index in [2.05, 4.69) is 36.3 Å². The highest BCUT2D eigenvalue weighted by Crippen LogP contribution is 2.39. The lowest BCUT2D eigenvalue weighted by Crippen LogP contribution is -2.52. The van der Waals surface area contributed by atoms with Crippen molar-refractivity contribution in [2.45, 2.75) is 135 Å². The molecule has 0 spiro atoms. The van der Waals surface area contributed by atoms with Crippen LogP contribution in [0.25, 0.3) is 10.9 Å². The SMILES string of the molecule is CC[C@H](OC)[C@@H](C)[C@H]1O[C@@H]1C(NCc1ccc2[nH]ccc2c1)C(C)(O)/C=C/C=C(\C)[C@H]1OC(=O)C[C@H](O)CC[C@@](C)(O)[C@@H](OC(C)=O)/C=C/[C@@H]1C. The Morgan fingerprint density at radius 3 is 2.67 bits per heavy atom. The number of epoxide rings is 1. The summed E-state index contributed by atoms with van der Waals surface area (Å²) in [5, 5.41) is 38.3. The summed E-state index contributed by atoms with van der Waals surface area (Å²) < 4.78 is 23.3. The van der Waals surface area contributed by atoms with Crippen LogP contribution in [0.15, 0.2) is 66.4 Å². The quantitative estimate of drug-likeness (QED) is 0.0824. The van der Waals surface area contributed by atoms with Crippen molar-refractivity contribution in [2.75, 3.05) is 7.11 Å². The molecule has 282 valence electrons. The van der Waals surface area contributed by atoms with E-state index < -0.39 is 47.5 Å². The van der Waals surface area contributed by atoms with E-state index in [1.54, 1.807) is 51.3 Å². The monoisotopic (exact) mass is 710 g/mol. The number of aromatic nitrogens is 1. The molecule has 4 rings (SSSR count). The smallest absolute Gasteiger partial charge is 0.309 e. The first-order valence-corrected chi connectivity index (χ1v) is 18.1. The van der Waals surface area contributed by atoms with E-state index in [1.807, 2.05) is 32.2 Å². The highest BCUT2D eigenvalue weighted by atomic mass is 16.6. The number of aliphatic hydroxyl groups excluding tert-OH is 1. The molecule has 0 aliphatic carbocycles. The predicted molar refractivity (Wildman–Crippen MR) is 196 cm³/mol. The van der Waals surface area contributed by atoms with Crippen molar-refractivity contribution in [3.05, 3.63) is 72.0 Å². The zero-order chi connectivity index (χ0) is 37.5. The number of esters is 2. The van der Waals surface area contributed by atoms with Crippen molar-refractivity contribution in [3.8, 4) is 0 Å². The normalized spacial score (nSPS) is 31.5. The summed E-state index contributed by atoms with van der Waals surface area (Å²) in [6, 6.07) is 7.79. The number of rotatable bonds is 13. The predicted octanol–water partition coefficient (Wildman–Crippen LogP) is 5.04. The number of ether oxygens (including phenoxy) is 4. The minimum atomic E-state index is -1.46. The van der Waals surface area contributed by atoms with Crippen LogP contribution in [-0.4, -0.2) is 93.2 Å². The maximum absolute atomic E-state index is 12.9. The molecule has 1 aromatic carbocycles. The van der Waals surface area contributed by atoms with Crippen LogP contribution < -0.4 is 5.32 Å². The Morgan fingerprint density at radius 2 is 1.98 bits per heavy atom. The second-order valence-corrected chi connectivity index (χ2v) is 14.8. The number of hydrogen-bond donors (Lipinski definition) is 5. The van der Waals surface area contributed by atoms with Gasteiger partial charge < -0.3 is 44.6 Å². The van der Waals surface area contributed by atoms with Gasteiger partial charge in [-0.05, 0) is 80.8 Å². The van der Waals surface area contributed by atoms with E-state index in [-0.39, 0.29) is 49.4 Å². The molecule has 2 aliphatic heterocycles. The number of H-pyrrole nitrogens is 1. The number of carbonyl (C=O) groups is 2. The summed E-state index contributed by atoms with van der Waals surface area (Å²) in [7, 11) is 1.71. The van der Waals surface area contributed by atoms with Crippen molar-refractivity contribution in [3.63, 3.8) is 0 Å². The van der Waals surface area contributed by atoms with Gasteiger partial charge in [-0.3, -0.25) is 9.59 Å². The third-order valence-corrected chi connectivity index (χ3v) is 10.3. The third-order valence-electron chi connectivity index (χ3n) is 10.3. The first kappa shape index (κ1) is 40.5. The van der Waals surface area contributed by atoms with Gasteiger partial charge in [0.25, 0.3) is 0 Å². The van der Waals surface area contributed by atoms with Gasteiger partial charge in [-0.2, -0.15) is 0 Å². The van der Waals surface area contributed by atoms with E-state index in [4.69, 9.17) is 18.9 Å². The Balaban J connectivity index is 1.57. The van der Waals surface area contributed by atoms with Gasteiger partial charge in [-0.15, -0.1) is 0 Å². The van der Waals surface area contributed by atoms with Crippen molar-refractivity contribution in [1.29, 1.82) is 0 Å². The molecule has 5 N–H and O–H groups in total. The van der Waals surface area contributed by atoms with Crippen molar-refractivity contribution < 1.29 is 43.9 Å². The summed E-state index contributed by atoms with van der Waals surface area (Å²) in [5.41, 5.74) is 0.0267. The molecule has 3 heterocycles. The molecule has 0 bridgehead atoms. The van der Waals surface area contributed by atoms with Crippen LogP contribution in [0, 0.1) is 11.8 Å². The highest BCUT2D eigenvalue weighted by Gasteiger charge is 2.54. The zero-order valence-corrected chi connectivity index (χ0v) is 31.3. The van der Waals surface area contributed by atoms with Gasteiger partial charge in [0, 0.05) is 44.1 Å². The molecule has 1 fully saturated rings. The highest BCUT2D eigenvalue weighted by molar-refractivity contribution is 5.79. The first-order valence-electron chi connectivity index (χ1n) is 18.1. The molecular formula is C40H58N2O9. The molecule has 2 aliphatic rings. The number of benzene rings is 1. The van der Waals surface area contributed by atoms with Crippen LogP contribution in [0.4, 0.5) is 0 Å². The molecular weight excluding hydrogens is 652 g/mol. The van der Waals surface area contributed by atoms with Gasteiger partial charge in [0.1, 0.15) is 23.9 Å². The third kappa shape index (κ3) is 10.8. The Kier molecular flexibility index (Phi) is 13.9. The van der Waals surface area contributed by atoms with E-state index in [9.17, 15) is 24.9 Å². The Morgan fingerprint density at radius 1 is 1.24 bits per heavy atom. The standard InChI is InChI=1S/C40H58N2O9/c1-9-32(48-8)26(4)36-37(51-36)38(42-23-28-13-14-31-29(21-28)17-20-41-31)40(7,47)18-10-11-24(2)35-25(3)12-15-33(49-27(5)43)39(6,46)19-16-30(44)22-34(45)50-35/h10-15,17-18,20-21,25-26,30,32-33,35-38,41-42,44,46-47H,9,16,19,22-23H2,1-8H3/b15-12+,18-10+,24-11+/t25-,26+,30+,32-,33-,35+,36+,37-,38?,39+,40?/m0/s1. The van der Waals surface area contributed by atoms with E-state index >= 15 is 0 Å². The maximum Gasteiger partial charge on any atom is 0.309 e. The molecule has 2 aromatic rings. The van der Waals surface area contributed by atoms with Gasteiger partial charge in [-0.25, -0.2) is 0 Å². The maximum atomic E-state index is 12.9. The fourth-order valence-corrected chi connectivity index (χ4v) is 7.11. The second kappa shape index (κ2) is 17.5. The second-order valence-electron chi connectivity index (χ2n) is 14.8. The van der Waals surface area contributed by atoms with Gasteiger partial charge in [0.15, 0.2) is 0 Å². The molecule has 1 aromatic heterocycles. The van der Waals surface area contributed by atoms with Gasteiger partial charge in [0.2, 0.25) is 0 Å². The van der Waals surface area contributed by atoms with Crippen LogP contribution >= 0.6 is 0 Å². The van der Waals surface area contributed by atoms with Crippen LogP contribution in [0.5, 0.6) is 0 Å². The number of aromatic amines is 1. The molecule has 0 saturated carbocycles. The minimum Gasteiger partial charge on any atom is -0.457 e.